The van der Waals surface area contributed by atoms with Crippen molar-refractivity contribution in [3.8, 4) is 16.3 Å². The fourth-order valence-electron chi connectivity index (χ4n) is 2.64. The van der Waals surface area contributed by atoms with Crippen LogP contribution in [0.3, 0.4) is 0 Å². The number of amides is 2. The van der Waals surface area contributed by atoms with Gasteiger partial charge in [-0.2, -0.15) is 0 Å². The van der Waals surface area contributed by atoms with E-state index >= 15 is 0 Å². The van der Waals surface area contributed by atoms with Crippen LogP contribution in [0.1, 0.15) is 22.9 Å². The third-order valence-electron chi connectivity index (χ3n) is 4.32. The van der Waals surface area contributed by atoms with Crippen LogP contribution in [-0.2, 0) is 16.0 Å². The largest absolute Gasteiger partial charge is 0.483 e. The van der Waals surface area contributed by atoms with Crippen molar-refractivity contribution in [1.29, 1.82) is 0 Å². The van der Waals surface area contributed by atoms with Gasteiger partial charge in [-0.25, -0.2) is 4.98 Å². The molecule has 0 atom stereocenters. The highest BCUT2D eigenvalue weighted by molar-refractivity contribution is 7.17. The van der Waals surface area contributed by atoms with Crippen molar-refractivity contribution in [2.75, 3.05) is 18.5 Å². The second-order valence-corrected chi connectivity index (χ2v) is 8.60. The zero-order chi connectivity index (χ0) is 20.8. The maximum absolute atomic E-state index is 12.2. The zero-order valence-corrected chi connectivity index (χ0v) is 18.2. The number of hydrogen-bond acceptors (Lipinski definition) is 6. The molecule has 3 aromatic rings. The van der Waals surface area contributed by atoms with Crippen LogP contribution in [0.2, 0.25) is 0 Å². The van der Waals surface area contributed by atoms with E-state index < -0.39 is 0 Å². The smallest absolute Gasteiger partial charge is 0.264 e. The molecule has 152 valence electrons. The lowest BCUT2D eigenvalue weighted by Crippen LogP contribution is -2.21. The van der Waals surface area contributed by atoms with Gasteiger partial charge in [0, 0.05) is 23.7 Å². The average Bonchev–Trinajstić information content (AvgIpc) is 3.32. The zero-order valence-electron chi connectivity index (χ0n) is 16.6. The number of thiazole rings is 1. The SMILES string of the molecule is CC(=O)NCCc1ccc(-c2csc(NC(=O)COc3cccc(C)c3C)n2)s1. The number of nitrogens with zero attached hydrogens (tertiary/aromatic N) is 1. The van der Waals surface area contributed by atoms with Gasteiger partial charge in [-0.3, -0.25) is 14.9 Å². The molecule has 2 heterocycles. The highest BCUT2D eigenvalue weighted by Gasteiger charge is 2.11. The van der Waals surface area contributed by atoms with Gasteiger partial charge >= 0.3 is 0 Å². The van der Waals surface area contributed by atoms with Gasteiger partial charge in [-0.1, -0.05) is 12.1 Å². The molecule has 2 aromatic heterocycles. The van der Waals surface area contributed by atoms with Crippen molar-refractivity contribution < 1.29 is 14.3 Å². The Balaban J connectivity index is 1.53. The van der Waals surface area contributed by atoms with E-state index in [0.717, 1.165) is 28.1 Å². The number of thiophene rings is 1. The minimum Gasteiger partial charge on any atom is -0.483 e. The molecular formula is C21H23N3O3S2. The van der Waals surface area contributed by atoms with Gasteiger partial charge in [-0.15, -0.1) is 22.7 Å². The number of aromatic nitrogens is 1. The molecule has 6 nitrogen and oxygen atoms in total. The van der Waals surface area contributed by atoms with Crippen LogP contribution in [-0.4, -0.2) is 29.9 Å². The lowest BCUT2D eigenvalue weighted by atomic mass is 10.1. The van der Waals surface area contributed by atoms with E-state index in [9.17, 15) is 9.59 Å². The first-order chi connectivity index (χ1) is 13.9. The molecule has 29 heavy (non-hydrogen) atoms. The number of rotatable bonds is 8. The molecule has 0 aliphatic rings. The number of hydrogen-bond donors (Lipinski definition) is 2. The van der Waals surface area contributed by atoms with Gasteiger partial charge in [0.25, 0.3) is 5.91 Å². The van der Waals surface area contributed by atoms with Crippen molar-refractivity contribution in [1.82, 2.24) is 10.3 Å². The molecule has 0 saturated carbocycles. The molecule has 0 saturated heterocycles. The maximum Gasteiger partial charge on any atom is 0.264 e. The lowest BCUT2D eigenvalue weighted by molar-refractivity contribution is -0.119. The van der Waals surface area contributed by atoms with Crippen LogP contribution in [0.5, 0.6) is 5.75 Å². The fraction of sp³-hybridized carbons (Fsp3) is 0.286. The molecule has 0 aliphatic carbocycles. The van der Waals surface area contributed by atoms with Gasteiger partial charge in [-0.05, 0) is 49.6 Å². The van der Waals surface area contributed by atoms with Crippen LogP contribution in [0.15, 0.2) is 35.7 Å². The van der Waals surface area contributed by atoms with E-state index in [1.807, 2.05) is 49.6 Å². The first kappa shape index (κ1) is 21.0. The minimum absolute atomic E-state index is 0.0248. The summed E-state index contributed by atoms with van der Waals surface area (Å²) >= 11 is 3.02. The highest BCUT2D eigenvalue weighted by atomic mass is 32.1. The Morgan fingerprint density at radius 1 is 1.17 bits per heavy atom. The van der Waals surface area contributed by atoms with E-state index in [0.29, 0.717) is 17.4 Å². The summed E-state index contributed by atoms with van der Waals surface area (Å²) in [6.45, 7) is 6.05. The molecule has 0 bridgehead atoms. The second kappa shape index (κ2) is 9.67. The molecule has 0 spiro atoms. The molecule has 0 aliphatic heterocycles. The van der Waals surface area contributed by atoms with Crippen molar-refractivity contribution in [2.45, 2.75) is 27.2 Å². The monoisotopic (exact) mass is 429 g/mol. The molecule has 2 N–H and O–H groups in total. The lowest BCUT2D eigenvalue weighted by Gasteiger charge is -2.10. The number of carbonyl (C=O) groups is 2. The third kappa shape index (κ3) is 5.88. The third-order valence-corrected chi connectivity index (χ3v) is 6.25. The summed E-state index contributed by atoms with van der Waals surface area (Å²) < 4.78 is 5.64. The number of ether oxygens (including phenoxy) is 1. The number of benzene rings is 1. The quantitative estimate of drug-likeness (QED) is 0.563. The van der Waals surface area contributed by atoms with Crippen molar-refractivity contribution in [2.24, 2.45) is 0 Å². The Labute approximate surface area is 178 Å². The normalized spacial score (nSPS) is 10.6. The maximum atomic E-state index is 12.2. The van der Waals surface area contributed by atoms with Crippen molar-refractivity contribution >= 4 is 39.6 Å². The highest BCUT2D eigenvalue weighted by Crippen LogP contribution is 2.31. The van der Waals surface area contributed by atoms with Crippen molar-refractivity contribution in [3.63, 3.8) is 0 Å². The second-order valence-electron chi connectivity index (χ2n) is 6.57. The predicted octanol–water partition coefficient (Wildman–Crippen LogP) is 4.18. The number of nitrogens with one attached hydrogen (secondary N) is 2. The van der Waals surface area contributed by atoms with Crippen LogP contribution in [0.4, 0.5) is 5.13 Å². The van der Waals surface area contributed by atoms with Crippen molar-refractivity contribution in [3.05, 3.63) is 51.7 Å². The van der Waals surface area contributed by atoms with E-state index in [-0.39, 0.29) is 18.4 Å². The first-order valence-corrected chi connectivity index (χ1v) is 10.9. The fourth-order valence-corrected chi connectivity index (χ4v) is 4.40. The summed E-state index contributed by atoms with van der Waals surface area (Å²) in [6.07, 6.45) is 0.785. The van der Waals surface area contributed by atoms with E-state index in [4.69, 9.17) is 4.74 Å². The molecule has 0 fully saturated rings. The molecule has 3 rings (SSSR count). The molecule has 1 aromatic carbocycles. The Hall–Kier alpha value is -2.71. The summed E-state index contributed by atoms with van der Waals surface area (Å²) in [7, 11) is 0. The van der Waals surface area contributed by atoms with Gasteiger partial charge in [0.2, 0.25) is 5.91 Å². The predicted molar refractivity (Wildman–Crippen MR) is 118 cm³/mol. The average molecular weight is 430 g/mol. The van der Waals surface area contributed by atoms with Crippen LogP contribution in [0.25, 0.3) is 10.6 Å². The van der Waals surface area contributed by atoms with Crippen LogP contribution in [0, 0.1) is 13.8 Å². The van der Waals surface area contributed by atoms with Crippen LogP contribution >= 0.6 is 22.7 Å². The Morgan fingerprint density at radius 2 is 2.00 bits per heavy atom. The van der Waals surface area contributed by atoms with E-state index in [2.05, 4.69) is 15.6 Å². The number of anilines is 1. The van der Waals surface area contributed by atoms with Gasteiger partial charge in [0.1, 0.15) is 5.75 Å². The van der Waals surface area contributed by atoms with Gasteiger partial charge in [0.05, 0.1) is 10.6 Å². The van der Waals surface area contributed by atoms with E-state index in [1.165, 1.54) is 23.1 Å². The first-order valence-electron chi connectivity index (χ1n) is 9.20. The molecular weight excluding hydrogens is 406 g/mol. The standard InChI is InChI=1S/C21H23N3O3S2/c1-13-5-4-6-18(14(13)2)27-11-20(26)24-21-23-17(12-28-21)19-8-7-16(29-19)9-10-22-15(3)25/h4-8,12H,9-11H2,1-3H3,(H,22,25)(H,23,24,26). The minimum atomic E-state index is -0.242. The summed E-state index contributed by atoms with van der Waals surface area (Å²) in [4.78, 5) is 29.9. The summed E-state index contributed by atoms with van der Waals surface area (Å²) in [5.74, 6) is 0.447. The van der Waals surface area contributed by atoms with Crippen LogP contribution < -0.4 is 15.4 Å². The molecule has 8 heteroatoms. The number of aryl methyl sites for hydroxylation is 1. The summed E-state index contributed by atoms with van der Waals surface area (Å²) in [6, 6.07) is 9.83. The van der Waals surface area contributed by atoms with Gasteiger partial charge < -0.3 is 10.1 Å². The Kier molecular flexibility index (Phi) is 7.00. The summed E-state index contributed by atoms with van der Waals surface area (Å²) in [5, 5.41) is 8.05. The molecule has 0 radical (unpaired) electrons. The molecule has 0 unspecified atom stereocenters. The topological polar surface area (TPSA) is 80.3 Å². The van der Waals surface area contributed by atoms with Gasteiger partial charge in [0.15, 0.2) is 11.7 Å². The number of carbonyl (C=O) groups excluding carboxylic acids is 2. The Morgan fingerprint density at radius 3 is 2.79 bits per heavy atom. The Bertz CT molecular complexity index is 1010. The van der Waals surface area contributed by atoms with E-state index in [1.54, 1.807) is 11.3 Å². The summed E-state index contributed by atoms with van der Waals surface area (Å²) in [5.41, 5.74) is 2.99. The molecule has 2 amide bonds.